The molecule has 0 spiro atoms. The number of hydrogen-bond acceptors (Lipinski definition) is 15. The van der Waals surface area contributed by atoms with Crippen molar-refractivity contribution in [1.82, 2.24) is 34.4 Å². The minimum absolute atomic E-state index is 0.201. The number of nitrogens with zero attached hydrogens (tertiary/aromatic N) is 7. The van der Waals surface area contributed by atoms with Crippen LogP contribution in [0.15, 0.2) is 42.2 Å². The average molecular weight is 758 g/mol. The Kier molecular flexibility index (Phi) is 9.18. The summed E-state index contributed by atoms with van der Waals surface area (Å²) in [5, 5.41) is 6.49. The maximum atomic E-state index is 16.4. The van der Waals surface area contributed by atoms with Gasteiger partial charge < -0.3 is 34.4 Å². The van der Waals surface area contributed by atoms with E-state index in [0.717, 1.165) is 0 Å². The van der Waals surface area contributed by atoms with Gasteiger partial charge in [0.05, 0.1) is 31.6 Å². The van der Waals surface area contributed by atoms with Crippen molar-refractivity contribution in [3.63, 3.8) is 0 Å². The predicted molar refractivity (Wildman–Crippen MR) is 174 cm³/mol. The topological polar surface area (TPSA) is 211 Å². The number of phosphoric acid groups is 1. The number of anilines is 1. The first kappa shape index (κ1) is 34.0. The molecule has 3 aromatic rings. The highest BCUT2D eigenvalue weighted by molar-refractivity contribution is 8.07. The molecule has 3 saturated heterocycles. The number of aliphatic imine (C=N–C) groups is 1. The largest absolute Gasteiger partial charge is 0.472 e. The molecule has 0 radical (unpaired) electrons. The third kappa shape index (κ3) is 6.45. The van der Waals surface area contributed by atoms with Crippen molar-refractivity contribution >= 4 is 61.1 Å². The van der Waals surface area contributed by atoms with Gasteiger partial charge >= 0.3 is 14.5 Å². The van der Waals surface area contributed by atoms with Crippen molar-refractivity contribution in [1.29, 1.82) is 0 Å². The van der Waals surface area contributed by atoms with E-state index >= 15 is 8.78 Å². The minimum Gasteiger partial charge on any atom is -0.380 e. The van der Waals surface area contributed by atoms with Gasteiger partial charge in [-0.15, -0.1) is 0 Å². The van der Waals surface area contributed by atoms with Gasteiger partial charge in [-0.2, -0.15) is 0 Å². The molecule has 14 bridgehead atoms. The molecule has 0 amide bonds. The predicted octanol–water partition coefficient (Wildman–Crippen LogP) is 2.74. The van der Waals surface area contributed by atoms with Crippen molar-refractivity contribution in [2.45, 2.75) is 62.1 Å². The van der Waals surface area contributed by atoms with Crippen LogP contribution < -0.4 is 10.6 Å². The summed E-state index contributed by atoms with van der Waals surface area (Å²) in [7, 11) is -5.07. The molecule has 23 heteroatoms. The third-order valence-corrected chi connectivity index (χ3v) is 11.1. The van der Waals surface area contributed by atoms with Gasteiger partial charge in [0.1, 0.15) is 36.4 Å². The molecule has 0 aromatic carbocycles. The number of aromatic nitrogens is 6. The van der Waals surface area contributed by atoms with Crippen LogP contribution in [0.5, 0.6) is 0 Å². The molecule has 50 heavy (non-hydrogen) atoms. The number of alkyl halides is 2. The number of ether oxygens (including phenoxy) is 2. The Hall–Kier alpha value is -3.07. The highest BCUT2D eigenvalue weighted by Gasteiger charge is 2.54. The number of imidazole rings is 2. The van der Waals surface area contributed by atoms with Crippen LogP contribution in [0.4, 0.5) is 20.4 Å². The lowest BCUT2D eigenvalue weighted by atomic mass is 10.1. The summed E-state index contributed by atoms with van der Waals surface area (Å²) in [4.78, 5) is 43.7. The van der Waals surface area contributed by atoms with E-state index in [-0.39, 0.29) is 11.5 Å². The molecule has 10 atom stereocenters. The number of halogens is 2. The SMILES string of the molecule is O=P1(O)OCC2O[C@@H]3[C@H](F)[C@@H]2OP(O)(=S)OC[C@H]2OC([C@H](F)[C@@H]2O1)n1cnc2c1N=CCCC=C2NC/C=C/CNc1ncnc2c1ncn23. The van der Waals surface area contributed by atoms with Gasteiger partial charge in [-0.1, -0.05) is 18.2 Å². The summed E-state index contributed by atoms with van der Waals surface area (Å²) in [6, 6.07) is 0. The van der Waals surface area contributed by atoms with E-state index in [1.165, 1.54) is 28.1 Å². The maximum absolute atomic E-state index is 16.4. The Morgan fingerprint density at radius 2 is 1.58 bits per heavy atom. The zero-order valence-electron chi connectivity index (χ0n) is 25.8. The van der Waals surface area contributed by atoms with Crippen LogP contribution >= 0.6 is 14.5 Å². The van der Waals surface area contributed by atoms with Crippen molar-refractivity contribution in [2.75, 3.05) is 31.6 Å². The van der Waals surface area contributed by atoms with Crippen LogP contribution in [-0.2, 0) is 43.9 Å². The lowest BCUT2D eigenvalue weighted by Crippen LogP contribution is -2.37. The first-order chi connectivity index (χ1) is 24.1. The molecule has 6 aliphatic rings. The van der Waals surface area contributed by atoms with Gasteiger partial charge in [-0.25, -0.2) is 38.3 Å². The van der Waals surface area contributed by atoms with Gasteiger partial charge in [0.25, 0.3) is 0 Å². The van der Waals surface area contributed by atoms with E-state index in [1.54, 1.807) is 6.21 Å². The van der Waals surface area contributed by atoms with E-state index < -0.39 is 77.0 Å². The Balaban J connectivity index is 1.21. The summed E-state index contributed by atoms with van der Waals surface area (Å²) in [5.74, 6) is 0.629. The summed E-state index contributed by atoms with van der Waals surface area (Å²) in [5.41, 5.74) is 1.58. The highest BCUT2D eigenvalue weighted by atomic mass is 32.5. The van der Waals surface area contributed by atoms with E-state index in [4.69, 9.17) is 39.4 Å². The number of fused-ring (bicyclic) bond motifs is 10. The molecule has 6 aliphatic heterocycles. The van der Waals surface area contributed by atoms with Crippen molar-refractivity contribution in [3.05, 3.63) is 42.9 Å². The van der Waals surface area contributed by atoms with Crippen LogP contribution in [0, 0.1) is 0 Å². The molecule has 18 nitrogen and oxygen atoms in total. The molecule has 3 aromatic heterocycles. The molecular weight excluding hydrogens is 726 g/mol. The van der Waals surface area contributed by atoms with Crippen LogP contribution in [0.3, 0.4) is 0 Å². The van der Waals surface area contributed by atoms with Crippen molar-refractivity contribution in [2.24, 2.45) is 4.99 Å². The monoisotopic (exact) mass is 757 g/mol. The number of nitrogens with one attached hydrogen (secondary N) is 2. The van der Waals surface area contributed by atoms with Crippen LogP contribution in [0.2, 0.25) is 0 Å². The number of phosphoric ester groups is 1. The second kappa shape index (κ2) is 13.5. The van der Waals surface area contributed by atoms with E-state index in [1.807, 2.05) is 18.2 Å². The summed E-state index contributed by atoms with van der Waals surface area (Å²) < 4.78 is 82.1. The van der Waals surface area contributed by atoms with Gasteiger partial charge in [-0.05, 0) is 24.6 Å². The normalized spacial score (nSPS) is 38.3. The number of allylic oxidation sites excluding steroid dienone is 1. The van der Waals surface area contributed by atoms with Gasteiger partial charge in [0.15, 0.2) is 47.6 Å². The zero-order chi connectivity index (χ0) is 34.6. The Morgan fingerprint density at radius 3 is 2.38 bits per heavy atom. The molecule has 268 valence electrons. The first-order valence-corrected chi connectivity index (χ1v) is 19.7. The highest BCUT2D eigenvalue weighted by Crippen LogP contribution is 2.54. The Morgan fingerprint density at radius 1 is 0.880 bits per heavy atom. The molecule has 4 unspecified atom stereocenters. The number of hydrogen-bond donors (Lipinski definition) is 4. The van der Waals surface area contributed by atoms with Crippen LogP contribution in [0.1, 0.15) is 31.0 Å². The third-order valence-electron chi connectivity index (χ3n) is 8.60. The smallest absolute Gasteiger partial charge is 0.380 e. The Labute approximate surface area is 287 Å². The second-order valence-electron chi connectivity index (χ2n) is 11.8. The molecule has 0 saturated carbocycles. The summed E-state index contributed by atoms with van der Waals surface area (Å²) in [6.07, 6.45) is -0.758. The molecule has 0 aliphatic carbocycles. The molecular formula is C27H31F2N9O9P2S. The fraction of sp³-hybridized carbons (Fsp3) is 0.519. The minimum atomic E-state index is -5.07. The van der Waals surface area contributed by atoms with E-state index in [2.05, 4.69) is 35.6 Å². The quantitative estimate of drug-likeness (QED) is 0.192. The summed E-state index contributed by atoms with van der Waals surface area (Å²) in [6.45, 7) is -4.98. The number of rotatable bonds is 0. The van der Waals surface area contributed by atoms with Gasteiger partial charge in [-0.3, -0.25) is 22.7 Å². The molecule has 9 rings (SSSR count). The van der Waals surface area contributed by atoms with E-state index in [9.17, 15) is 14.4 Å². The molecule has 4 N–H and O–H groups in total. The van der Waals surface area contributed by atoms with Gasteiger partial charge in [0, 0.05) is 19.3 Å². The zero-order valence-corrected chi connectivity index (χ0v) is 28.4. The lowest BCUT2D eigenvalue weighted by molar-refractivity contribution is -0.0626. The van der Waals surface area contributed by atoms with E-state index in [0.29, 0.717) is 48.7 Å². The van der Waals surface area contributed by atoms with Crippen LogP contribution in [-0.4, -0.2) is 108 Å². The lowest BCUT2D eigenvalue weighted by Gasteiger charge is -2.28. The summed E-state index contributed by atoms with van der Waals surface area (Å²) >= 11 is 5.22. The fourth-order valence-corrected chi connectivity index (χ4v) is 8.68. The second-order valence-corrected chi connectivity index (χ2v) is 16.0. The first-order valence-electron chi connectivity index (χ1n) is 15.6. The van der Waals surface area contributed by atoms with Gasteiger partial charge in [0.2, 0.25) is 0 Å². The molecule has 9 heterocycles. The van der Waals surface area contributed by atoms with Crippen molar-refractivity contribution < 1.29 is 50.7 Å². The maximum Gasteiger partial charge on any atom is 0.472 e. The fourth-order valence-electron chi connectivity index (χ4n) is 6.28. The standard InChI is InChI=1S/C27H31F2N9O9P2S/c28-17-21-16-10-43-49(41,50)47-22-15(9-42-48(39,40)46-21)44-27(18(22)29)38-13-36-20-23(33-11-34-25(20)38)31-7-4-3-6-30-14-5-1-2-8-32-24-19(14)35-12-37(24)26(17)45-16/h3-5,8,11-13,15-18,21-22,26-27,30H,1-2,6-7,9-10H2,(H,39,40)(H,41,50)(H,31,33,34)/b4-3+,14-5?,32-8?/t15?,16-,17-,18-,21-,22-,26?,27-,49?/m1/s1. The molecule has 3 fully saturated rings. The Bertz CT molecular complexity index is 1970. The van der Waals surface area contributed by atoms with Crippen molar-refractivity contribution in [3.8, 4) is 0 Å². The average Bonchev–Trinajstić information content (AvgIpc) is 3.82. The van der Waals surface area contributed by atoms with Crippen LogP contribution in [0.25, 0.3) is 16.9 Å².